The van der Waals surface area contributed by atoms with E-state index in [2.05, 4.69) is 36.9 Å². The maximum Gasteiger partial charge on any atom is 0.264 e. The summed E-state index contributed by atoms with van der Waals surface area (Å²) < 4.78 is 1.88. The number of piperidine rings is 1. The number of nitrogens with zero attached hydrogens (tertiary/aromatic N) is 6. The smallest absolute Gasteiger partial charge is 0.264 e. The Labute approximate surface area is 187 Å². The number of thiophene rings is 1. The van der Waals surface area contributed by atoms with E-state index in [9.17, 15) is 4.79 Å². The summed E-state index contributed by atoms with van der Waals surface area (Å²) in [7, 11) is 1.95. The summed E-state index contributed by atoms with van der Waals surface area (Å²) in [4.78, 5) is 26.6. The summed E-state index contributed by atoms with van der Waals surface area (Å²) in [5.74, 6) is 1.81. The molecule has 1 amide bonds. The van der Waals surface area contributed by atoms with Crippen molar-refractivity contribution in [3.8, 4) is 0 Å². The number of carbonyl (C=O) groups is 1. The first-order chi connectivity index (χ1) is 15.1. The van der Waals surface area contributed by atoms with Gasteiger partial charge in [-0.1, -0.05) is 6.07 Å². The fourth-order valence-electron chi connectivity index (χ4n) is 4.93. The van der Waals surface area contributed by atoms with E-state index in [1.54, 1.807) is 11.3 Å². The quantitative estimate of drug-likeness (QED) is 0.627. The van der Waals surface area contributed by atoms with Crippen LogP contribution in [-0.4, -0.2) is 76.3 Å². The van der Waals surface area contributed by atoms with Gasteiger partial charge in [-0.3, -0.25) is 14.4 Å². The van der Waals surface area contributed by atoms with Crippen LogP contribution in [0.1, 0.15) is 28.2 Å². The Kier molecular flexibility index (Phi) is 5.67. The summed E-state index contributed by atoms with van der Waals surface area (Å²) in [6.07, 6.45) is 4.17. The van der Waals surface area contributed by atoms with Gasteiger partial charge in [0.1, 0.15) is 10.6 Å². The monoisotopic (exact) mass is 438 g/mol. The number of hydrogen-bond acceptors (Lipinski definition) is 6. The molecule has 5 heterocycles. The van der Waals surface area contributed by atoms with Crippen molar-refractivity contribution in [2.24, 2.45) is 13.0 Å². The van der Waals surface area contributed by atoms with E-state index in [0.717, 1.165) is 78.8 Å². The van der Waals surface area contributed by atoms with Crippen LogP contribution in [-0.2, 0) is 7.05 Å². The summed E-state index contributed by atoms with van der Waals surface area (Å²) >= 11 is 1.57. The van der Waals surface area contributed by atoms with Crippen LogP contribution in [0.5, 0.6) is 0 Å². The van der Waals surface area contributed by atoms with Crippen molar-refractivity contribution >= 4 is 33.3 Å². The highest BCUT2D eigenvalue weighted by atomic mass is 32.1. The van der Waals surface area contributed by atoms with E-state index in [1.165, 1.54) is 6.42 Å². The van der Waals surface area contributed by atoms with Crippen molar-refractivity contribution in [2.45, 2.75) is 19.8 Å². The van der Waals surface area contributed by atoms with Crippen LogP contribution in [0.25, 0.3) is 10.2 Å². The zero-order chi connectivity index (χ0) is 21.4. The normalized spacial score (nSPS) is 20.5. The average Bonchev–Trinajstić information content (AvgIpc) is 3.36. The number of aryl methyl sites for hydroxylation is 2. The molecule has 7 nitrogen and oxygen atoms in total. The number of anilines is 1. The minimum absolute atomic E-state index is 0.185. The van der Waals surface area contributed by atoms with Crippen molar-refractivity contribution in [3.05, 3.63) is 41.0 Å². The zero-order valence-corrected chi connectivity index (χ0v) is 19.1. The van der Waals surface area contributed by atoms with Gasteiger partial charge in [0.15, 0.2) is 0 Å². The highest BCUT2D eigenvalue weighted by Gasteiger charge is 2.28. The minimum atomic E-state index is 0.185. The molecule has 0 spiro atoms. The number of carbonyl (C=O) groups excluding carboxylic acids is 1. The summed E-state index contributed by atoms with van der Waals surface area (Å²) in [6, 6.07) is 8.14. The fourth-order valence-corrected chi connectivity index (χ4v) is 6.02. The molecule has 31 heavy (non-hydrogen) atoms. The van der Waals surface area contributed by atoms with Gasteiger partial charge in [-0.2, -0.15) is 5.10 Å². The molecule has 2 aliphatic rings. The number of piperazine rings is 1. The van der Waals surface area contributed by atoms with Gasteiger partial charge in [0, 0.05) is 64.4 Å². The molecule has 164 valence electrons. The van der Waals surface area contributed by atoms with Gasteiger partial charge in [0.25, 0.3) is 5.91 Å². The minimum Gasteiger partial charge on any atom is -0.354 e. The molecule has 2 saturated heterocycles. The van der Waals surface area contributed by atoms with Crippen molar-refractivity contribution in [2.75, 3.05) is 50.7 Å². The SMILES string of the molecule is Cc1nn(C)c2sc(C(=O)N3CCCC(CN4CCN(c5ccccn5)CC4)C3)cc12. The van der Waals surface area contributed by atoms with Crippen molar-refractivity contribution in [1.82, 2.24) is 24.6 Å². The van der Waals surface area contributed by atoms with Crippen LogP contribution in [0, 0.1) is 12.8 Å². The lowest BCUT2D eigenvalue weighted by molar-refractivity contribution is 0.0642. The molecule has 0 radical (unpaired) electrons. The number of likely N-dealkylation sites (tertiary alicyclic amines) is 1. The third kappa shape index (κ3) is 4.19. The molecule has 3 aromatic heterocycles. The average molecular weight is 439 g/mol. The molecular formula is C23H30N6OS. The molecule has 0 saturated carbocycles. The molecule has 3 aromatic rings. The molecule has 0 aliphatic carbocycles. The molecule has 2 fully saturated rings. The third-order valence-electron chi connectivity index (χ3n) is 6.58. The lowest BCUT2D eigenvalue weighted by atomic mass is 9.97. The van der Waals surface area contributed by atoms with E-state index in [0.29, 0.717) is 5.92 Å². The molecule has 1 unspecified atom stereocenters. The van der Waals surface area contributed by atoms with Crippen molar-refractivity contribution in [3.63, 3.8) is 0 Å². The Morgan fingerprint density at radius 3 is 2.77 bits per heavy atom. The summed E-state index contributed by atoms with van der Waals surface area (Å²) in [5, 5.41) is 5.56. The van der Waals surface area contributed by atoms with Gasteiger partial charge in [-0.25, -0.2) is 4.98 Å². The topological polar surface area (TPSA) is 57.5 Å². The molecule has 0 bridgehead atoms. The predicted octanol–water partition coefficient (Wildman–Crippen LogP) is 3.01. The second-order valence-corrected chi connectivity index (χ2v) is 9.80. The maximum absolute atomic E-state index is 13.2. The van der Waals surface area contributed by atoms with Gasteiger partial charge >= 0.3 is 0 Å². The molecule has 2 aliphatic heterocycles. The van der Waals surface area contributed by atoms with E-state index in [-0.39, 0.29) is 5.91 Å². The van der Waals surface area contributed by atoms with E-state index in [1.807, 2.05) is 37.0 Å². The molecule has 5 rings (SSSR count). The molecule has 0 aromatic carbocycles. The van der Waals surface area contributed by atoms with Gasteiger partial charge < -0.3 is 9.80 Å². The number of fused-ring (bicyclic) bond motifs is 1. The first-order valence-corrected chi connectivity index (χ1v) is 12.0. The number of hydrogen-bond donors (Lipinski definition) is 0. The summed E-state index contributed by atoms with van der Waals surface area (Å²) in [5.41, 5.74) is 0.995. The third-order valence-corrected chi connectivity index (χ3v) is 7.76. The Balaban J connectivity index is 1.18. The molecular weight excluding hydrogens is 408 g/mol. The van der Waals surface area contributed by atoms with Crippen LogP contribution in [0.3, 0.4) is 0 Å². The standard InChI is InChI=1S/C23H30N6OS/c1-17-19-14-20(31-23(19)26(2)25-17)22(30)29-9-5-6-18(16-29)15-27-10-12-28(13-11-27)21-7-3-4-8-24-21/h3-4,7-8,14,18H,5-6,9-13,15-16H2,1-2H3. The maximum atomic E-state index is 13.2. The van der Waals surface area contributed by atoms with Crippen LogP contribution in [0.2, 0.25) is 0 Å². The van der Waals surface area contributed by atoms with E-state index < -0.39 is 0 Å². The highest BCUT2D eigenvalue weighted by molar-refractivity contribution is 7.20. The lowest BCUT2D eigenvalue weighted by Gasteiger charge is -2.39. The van der Waals surface area contributed by atoms with Gasteiger partial charge in [0.2, 0.25) is 0 Å². The van der Waals surface area contributed by atoms with Gasteiger partial charge in [-0.05, 0) is 43.9 Å². The number of rotatable bonds is 4. The molecule has 1 atom stereocenters. The van der Waals surface area contributed by atoms with Crippen molar-refractivity contribution < 1.29 is 4.79 Å². The zero-order valence-electron chi connectivity index (χ0n) is 18.3. The van der Waals surface area contributed by atoms with E-state index >= 15 is 0 Å². The fraction of sp³-hybridized carbons (Fsp3) is 0.522. The number of pyridine rings is 1. The van der Waals surface area contributed by atoms with E-state index in [4.69, 9.17) is 0 Å². The van der Waals surface area contributed by atoms with Crippen LogP contribution < -0.4 is 4.90 Å². The number of amides is 1. The highest BCUT2D eigenvalue weighted by Crippen LogP contribution is 2.30. The van der Waals surface area contributed by atoms with Crippen LogP contribution in [0.4, 0.5) is 5.82 Å². The second kappa shape index (κ2) is 8.59. The van der Waals surface area contributed by atoms with Crippen molar-refractivity contribution in [1.29, 1.82) is 0 Å². The Bertz CT molecular complexity index is 1020. The first kappa shape index (κ1) is 20.5. The Morgan fingerprint density at radius 1 is 1.19 bits per heavy atom. The largest absolute Gasteiger partial charge is 0.354 e. The lowest BCUT2D eigenvalue weighted by Crippen LogP contribution is -2.50. The Hall–Kier alpha value is -2.45. The first-order valence-electron chi connectivity index (χ1n) is 11.2. The van der Waals surface area contributed by atoms with Crippen LogP contribution in [0.15, 0.2) is 30.5 Å². The summed E-state index contributed by atoms with van der Waals surface area (Å²) in [6.45, 7) is 8.97. The van der Waals surface area contributed by atoms with Gasteiger partial charge in [0.05, 0.1) is 10.6 Å². The van der Waals surface area contributed by atoms with Gasteiger partial charge in [-0.15, -0.1) is 11.3 Å². The second-order valence-electron chi connectivity index (χ2n) is 8.77. The Morgan fingerprint density at radius 2 is 2.03 bits per heavy atom. The number of aromatic nitrogens is 3. The molecule has 8 heteroatoms. The van der Waals surface area contributed by atoms with Crippen LogP contribution >= 0.6 is 11.3 Å². The molecule has 0 N–H and O–H groups in total. The predicted molar refractivity (Wildman–Crippen MR) is 125 cm³/mol.